The van der Waals surface area contributed by atoms with Gasteiger partial charge in [0.1, 0.15) is 5.75 Å². The van der Waals surface area contributed by atoms with Crippen LogP contribution < -0.4 is 10.1 Å². The highest BCUT2D eigenvalue weighted by Crippen LogP contribution is 2.28. The Morgan fingerprint density at radius 2 is 2.00 bits per heavy atom. The predicted molar refractivity (Wildman–Crippen MR) is 105 cm³/mol. The van der Waals surface area contributed by atoms with E-state index < -0.39 is 16.1 Å². The van der Waals surface area contributed by atoms with Crippen molar-refractivity contribution in [2.75, 3.05) is 45.5 Å². The highest BCUT2D eigenvalue weighted by molar-refractivity contribution is 9.10. The SMILES string of the molecule is CC(Oc1ccc(Cl)cc1Br)C(=O)NCCN1CCN(S(C)(=O)=O)CC1. The fraction of sp³-hybridized carbons (Fsp3) is 0.562. The van der Waals surface area contributed by atoms with Crippen molar-refractivity contribution in [3.05, 3.63) is 27.7 Å². The number of benzene rings is 1. The molecule has 2 rings (SSSR count). The van der Waals surface area contributed by atoms with E-state index in [1.165, 1.54) is 10.6 Å². The normalized spacial score (nSPS) is 17.7. The molecule has 1 aromatic carbocycles. The van der Waals surface area contributed by atoms with E-state index in [9.17, 15) is 13.2 Å². The zero-order valence-electron chi connectivity index (χ0n) is 14.7. The number of carbonyl (C=O) groups is 1. The van der Waals surface area contributed by atoms with Gasteiger partial charge in [-0.05, 0) is 41.1 Å². The van der Waals surface area contributed by atoms with E-state index in [0.29, 0.717) is 54.5 Å². The van der Waals surface area contributed by atoms with Gasteiger partial charge >= 0.3 is 0 Å². The van der Waals surface area contributed by atoms with Gasteiger partial charge in [-0.2, -0.15) is 4.31 Å². The summed E-state index contributed by atoms with van der Waals surface area (Å²) in [5.41, 5.74) is 0. The van der Waals surface area contributed by atoms with Crippen molar-refractivity contribution in [2.45, 2.75) is 13.0 Å². The molecule has 1 amide bonds. The number of ether oxygens (including phenoxy) is 1. The first kappa shape index (κ1) is 21.4. The Balaban J connectivity index is 1.72. The van der Waals surface area contributed by atoms with Crippen LogP contribution in [0.1, 0.15) is 6.92 Å². The molecule has 0 aromatic heterocycles. The molecule has 0 bridgehead atoms. The Labute approximate surface area is 167 Å². The molecule has 26 heavy (non-hydrogen) atoms. The van der Waals surface area contributed by atoms with Crippen LogP contribution in [0.2, 0.25) is 5.02 Å². The monoisotopic (exact) mass is 467 g/mol. The molecule has 0 spiro atoms. The van der Waals surface area contributed by atoms with E-state index in [1.807, 2.05) is 0 Å². The van der Waals surface area contributed by atoms with Crippen molar-refractivity contribution in [2.24, 2.45) is 0 Å². The van der Waals surface area contributed by atoms with Crippen LogP contribution in [-0.4, -0.2) is 75.2 Å². The Kier molecular flexibility index (Phi) is 7.72. The van der Waals surface area contributed by atoms with Crippen LogP contribution in [0.4, 0.5) is 0 Å². The van der Waals surface area contributed by atoms with E-state index in [2.05, 4.69) is 26.1 Å². The van der Waals surface area contributed by atoms with Crippen LogP contribution in [0.3, 0.4) is 0 Å². The van der Waals surface area contributed by atoms with Crippen molar-refractivity contribution in [1.29, 1.82) is 0 Å². The second kappa shape index (κ2) is 9.36. The van der Waals surface area contributed by atoms with Gasteiger partial charge in [0.2, 0.25) is 10.0 Å². The Morgan fingerprint density at radius 3 is 2.58 bits per heavy atom. The highest BCUT2D eigenvalue weighted by Gasteiger charge is 2.23. The number of nitrogens with one attached hydrogen (secondary N) is 1. The first-order chi connectivity index (χ1) is 12.2. The molecule has 0 radical (unpaired) electrons. The zero-order chi connectivity index (χ0) is 19.3. The smallest absolute Gasteiger partial charge is 0.260 e. The molecular formula is C16H23BrClN3O4S. The molecule has 10 heteroatoms. The molecule has 1 aromatic rings. The Bertz CT molecular complexity index is 739. The first-order valence-electron chi connectivity index (χ1n) is 8.23. The third kappa shape index (κ3) is 6.38. The lowest BCUT2D eigenvalue weighted by molar-refractivity contribution is -0.127. The van der Waals surface area contributed by atoms with Gasteiger partial charge in [-0.15, -0.1) is 0 Å². The molecule has 0 saturated carbocycles. The van der Waals surface area contributed by atoms with Crippen LogP contribution in [0.25, 0.3) is 0 Å². The van der Waals surface area contributed by atoms with Crippen molar-refractivity contribution in [3.8, 4) is 5.75 Å². The number of hydrogen-bond donors (Lipinski definition) is 1. The van der Waals surface area contributed by atoms with Crippen LogP contribution in [0.15, 0.2) is 22.7 Å². The molecule has 0 aliphatic carbocycles. The summed E-state index contributed by atoms with van der Waals surface area (Å²) in [6.45, 7) is 5.11. The largest absolute Gasteiger partial charge is 0.480 e. The number of sulfonamides is 1. The maximum Gasteiger partial charge on any atom is 0.260 e. The Morgan fingerprint density at radius 1 is 1.35 bits per heavy atom. The number of rotatable bonds is 7. The fourth-order valence-corrected chi connectivity index (χ4v) is 4.18. The molecule has 1 saturated heterocycles. The van der Waals surface area contributed by atoms with Crippen LogP contribution >= 0.6 is 27.5 Å². The van der Waals surface area contributed by atoms with E-state index >= 15 is 0 Å². The van der Waals surface area contributed by atoms with E-state index in [4.69, 9.17) is 16.3 Å². The molecule has 1 unspecified atom stereocenters. The van der Waals surface area contributed by atoms with Gasteiger partial charge in [0.15, 0.2) is 6.10 Å². The van der Waals surface area contributed by atoms with Crippen LogP contribution in [-0.2, 0) is 14.8 Å². The molecule has 1 aliphatic heterocycles. The summed E-state index contributed by atoms with van der Waals surface area (Å²) in [6.07, 6.45) is 0.582. The van der Waals surface area contributed by atoms with Gasteiger partial charge in [-0.25, -0.2) is 8.42 Å². The van der Waals surface area contributed by atoms with Gasteiger partial charge in [-0.3, -0.25) is 9.69 Å². The summed E-state index contributed by atoms with van der Waals surface area (Å²) in [5, 5.41) is 3.42. The van der Waals surface area contributed by atoms with Crippen molar-refractivity contribution in [3.63, 3.8) is 0 Å². The highest BCUT2D eigenvalue weighted by atomic mass is 79.9. The number of hydrogen-bond acceptors (Lipinski definition) is 5. The minimum absolute atomic E-state index is 0.207. The number of piperazine rings is 1. The zero-order valence-corrected chi connectivity index (χ0v) is 17.9. The average Bonchev–Trinajstić information content (AvgIpc) is 2.57. The minimum Gasteiger partial charge on any atom is -0.480 e. The van der Waals surface area contributed by atoms with Gasteiger partial charge in [0, 0.05) is 44.3 Å². The molecule has 1 atom stereocenters. The predicted octanol–water partition coefficient (Wildman–Crippen LogP) is 1.56. The van der Waals surface area contributed by atoms with Crippen LogP contribution in [0, 0.1) is 0 Å². The number of nitrogens with zero attached hydrogens (tertiary/aromatic N) is 2. The van der Waals surface area contributed by atoms with Crippen molar-refractivity contribution < 1.29 is 17.9 Å². The van der Waals surface area contributed by atoms with Crippen LogP contribution in [0.5, 0.6) is 5.75 Å². The van der Waals surface area contributed by atoms with E-state index in [0.717, 1.165) is 0 Å². The number of amides is 1. The summed E-state index contributed by atoms with van der Waals surface area (Å²) < 4.78 is 30.8. The molecule has 1 fully saturated rings. The lowest BCUT2D eigenvalue weighted by Gasteiger charge is -2.33. The quantitative estimate of drug-likeness (QED) is 0.657. The molecular weight excluding hydrogens is 446 g/mol. The molecule has 1 aliphatic rings. The lowest BCUT2D eigenvalue weighted by atomic mass is 10.3. The third-order valence-electron chi connectivity index (χ3n) is 4.09. The molecule has 7 nitrogen and oxygen atoms in total. The molecule has 146 valence electrons. The fourth-order valence-electron chi connectivity index (χ4n) is 2.58. The van der Waals surface area contributed by atoms with E-state index in [1.54, 1.807) is 25.1 Å². The van der Waals surface area contributed by atoms with E-state index in [-0.39, 0.29) is 5.91 Å². The summed E-state index contributed by atoms with van der Waals surface area (Å²) >= 11 is 9.24. The molecule has 1 N–H and O–H groups in total. The molecule has 1 heterocycles. The van der Waals surface area contributed by atoms with Crippen molar-refractivity contribution in [1.82, 2.24) is 14.5 Å². The Hall–Kier alpha value is -0.870. The maximum absolute atomic E-state index is 12.2. The lowest BCUT2D eigenvalue weighted by Crippen LogP contribution is -2.50. The summed E-state index contributed by atoms with van der Waals surface area (Å²) in [6, 6.07) is 5.11. The van der Waals surface area contributed by atoms with Gasteiger partial charge in [0.05, 0.1) is 10.7 Å². The minimum atomic E-state index is -3.12. The summed E-state index contributed by atoms with van der Waals surface area (Å²) in [7, 11) is -3.12. The first-order valence-corrected chi connectivity index (χ1v) is 11.3. The topological polar surface area (TPSA) is 79.0 Å². The number of carbonyl (C=O) groups excluding carboxylic acids is 1. The van der Waals surface area contributed by atoms with Gasteiger partial charge in [-0.1, -0.05) is 11.6 Å². The second-order valence-electron chi connectivity index (χ2n) is 6.13. The third-order valence-corrected chi connectivity index (χ3v) is 6.25. The number of halogens is 2. The van der Waals surface area contributed by atoms with Gasteiger partial charge < -0.3 is 10.1 Å². The second-order valence-corrected chi connectivity index (χ2v) is 9.40. The maximum atomic E-state index is 12.2. The standard InChI is InChI=1S/C16H23BrClN3O4S/c1-12(25-15-4-3-13(18)11-14(15)17)16(22)19-5-6-20-7-9-21(10-8-20)26(2,23)24/h3-4,11-12H,5-10H2,1-2H3,(H,19,22). The van der Waals surface area contributed by atoms with Gasteiger partial charge in [0.25, 0.3) is 5.91 Å². The summed E-state index contributed by atoms with van der Waals surface area (Å²) in [5.74, 6) is 0.343. The summed E-state index contributed by atoms with van der Waals surface area (Å²) in [4.78, 5) is 14.3. The average molecular weight is 469 g/mol. The van der Waals surface area contributed by atoms with Crippen molar-refractivity contribution >= 4 is 43.5 Å².